The number of hydrogen-bond acceptors (Lipinski definition) is 5. The number of rotatable bonds is 7. The molecule has 2 N–H and O–H groups in total. The van der Waals surface area contributed by atoms with Gasteiger partial charge < -0.3 is 10.6 Å². The van der Waals surface area contributed by atoms with Gasteiger partial charge in [0.2, 0.25) is 5.16 Å². The second-order valence-corrected chi connectivity index (χ2v) is 6.22. The van der Waals surface area contributed by atoms with E-state index >= 15 is 0 Å². The lowest BCUT2D eigenvalue weighted by Crippen LogP contribution is -2.12. The highest BCUT2D eigenvalue weighted by atomic mass is 32.2. The lowest BCUT2D eigenvalue weighted by Gasteiger charge is -2.06. The topological polar surface area (TPSA) is 66.0 Å². The summed E-state index contributed by atoms with van der Waals surface area (Å²) in [5, 5.41) is 8.46. The molecule has 1 heterocycles. The minimum Gasteiger partial charge on any atom is -0.494 e. The fourth-order valence-electron chi connectivity index (χ4n) is 2.14. The molecule has 25 heavy (non-hydrogen) atoms. The van der Waals surface area contributed by atoms with E-state index in [1.165, 1.54) is 34.6 Å². The van der Waals surface area contributed by atoms with Gasteiger partial charge in [-0.1, -0.05) is 23.9 Å². The molecule has 1 aromatic heterocycles. The van der Waals surface area contributed by atoms with E-state index in [9.17, 15) is 8.78 Å². The fourth-order valence-corrected chi connectivity index (χ4v) is 2.91. The molecular weight excluding hydrogens is 346 g/mol. The molecule has 0 bridgehead atoms. The maximum absolute atomic E-state index is 13.8. The smallest absolute Gasteiger partial charge is 0.210 e. The Labute approximate surface area is 147 Å². The Bertz CT molecular complexity index is 839. The molecule has 0 saturated heterocycles. The predicted molar refractivity (Wildman–Crippen MR) is 92.8 cm³/mol. The molecule has 0 atom stereocenters. The SMILES string of the molecule is Nn1c(SCCCOc2ccc(F)cc2)nnc1-c1ccccc1F. The average Bonchev–Trinajstić information content (AvgIpc) is 2.97. The number of hydrogen-bond donors (Lipinski definition) is 1. The monoisotopic (exact) mass is 362 g/mol. The van der Waals surface area contributed by atoms with Gasteiger partial charge in [0.25, 0.3) is 0 Å². The largest absolute Gasteiger partial charge is 0.494 e. The molecular formula is C17H16F2N4OS. The molecule has 0 fully saturated rings. The van der Waals surface area contributed by atoms with Gasteiger partial charge in [-0.15, -0.1) is 10.2 Å². The van der Waals surface area contributed by atoms with Crippen LogP contribution in [0.5, 0.6) is 5.75 Å². The molecule has 5 nitrogen and oxygen atoms in total. The number of nitrogens with zero attached hydrogens (tertiary/aromatic N) is 3. The summed E-state index contributed by atoms with van der Waals surface area (Å²) in [4.78, 5) is 0. The van der Waals surface area contributed by atoms with Gasteiger partial charge in [-0.25, -0.2) is 13.5 Å². The number of nitrogens with two attached hydrogens (primary N) is 1. The number of thioether (sulfide) groups is 1. The first-order chi connectivity index (χ1) is 12.1. The van der Waals surface area contributed by atoms with Gasteiger partial charge in [0.05, 0.1) is 12.2 Å². The molecule has 3 aromatic rings. The molecule has 0 amide bonds. The maximum Gasteiger partial charge on any atom is 0.210 e. The van der Waals surface area contributed by atoms with Crippen molar-refractivity contribution in [3.8, 4) is 17.1 Å². The summed E-state index contributed by atoms with van der Waals surface area (Å²) in [5.41, 5.74) is 0.309. The third-order valence-corrected chi connectivity index (χ3v) is 4.41. The van der Waals surface area contributed by atoms with Crippen molar-refractivity contribution in [2.24, 2.45) is 0 Å². The van der Waals surface area contributed by atoms with Gasteiger partial charge in [0.15, 0.2) is 5.82 Å². The zero-order valence-electron chi connectivity index (χ0n) is 13.2. The van der Waals surface area contributed by atoms with Gasteiger partial charge in [-0.05, 0) is 42.8 Å². The Morgan fingerprint density at radius 1 is 1.04 bits per heavy atom. The van der Waals surface area contributed by atoms with E-state index in [4.69, 9.17) is 10.6 Å². The predicted octanol–water partition coefficient (Wildman–Crippen LogP) is 3.50. The van der Waals surface area contributed by atoms with Crippen molar-refractivity contribution in [2.75, 3.05) is 18.2 Å². The molecule has 0 aliphatic heterocycles. The quantitative estimate of drug-likeness (QED) is 0.396. The summed E-state index contributed by atoms with van der Waals surface area (Å²) in [6.45, 7) is 0.484. The normalized spacial score (nSPS) is 10.8. The highest BCUT2D eigenvalue weighted by Gasteiger charge is 2.14. The van der Waals surface area contributed by atoms with Gasteiger partial charge >= 0.3 is 0 Å². The summed E-state index contributed by atoms with van der Waals surface area (Å²) in [6.07, 6.45) is 0.740. The van der Waals surface area contributed by atoms with Crippen molar-refractivity contribution in [1.82, 2.24) is 14.9 Å². The van der Waals surface area contributed by atoms with Crippen LogP contribution in [0.4, 0.5) is 8.78 Å². The molecule has 0 aliphatic rings. The van der Waals surface area contributed by atoms with Crippen molar-refractivity contribution in [1.29, 1.82) is 0 Å². The van der Waals surface area contributed by atoms with Crippen LogP contribution in [-0.4, -0.2) is 27.2 Å². The molecule has 130 valence electrons. The van der Waals surface area contributed by atoms with Crippen molar-refractivity contribution in [3.63, 3.8) is 0 Å². The molecule has 3 rings (SSSR count). The van der Waals surface area contributed by atoms with Crippen molar-refractivity contribution < 1.29 is 13.5 Å². The summed E-state index contributed by atoms with van der Waals surface area (Å²) in [7, 11) is 0. The van der Waals surface area contributed by atoms with Crippen LogP contribution in [0.3, 0.4) is 0 Å². The second kappa shape index (κ2) is 7.98. The van der Waals surface area contributed by atoms with Crippen LogP contribution >= 0.6 is 11.8 Å². The molecule has 2 aromatic carbocycles. The van der Waals surface area contributed by atoms with E-state index in [2.05, 4.69) is 10.2 Å². The van der Waals surface area contributed by atoms with Crippen LogP contribution < -0.4 is 10.6 Å². The highest BCUT2D eigenvalue weighted by Crippen LogP contribution is 2.24. The van der Waals surface area contributed by atoms with Crippen LogP contribution in [0.1, 0.15) is 6.42 Å². The third-order valence-electron chi connectivity index (χ3n) is 3.38. The standard InChI is InChI=1S/C17H16F2N4OS/c18-12-6-8-13(9-7-12)24-10-3-11-25-17-22-21-16(23(17)20)14-4-1-2-5-15(14)19/h1-2,4-9H,3,10-11,20H2. The van der Waals surface area contributed by atoms with Crippen LogP contribution in [0, 0.1) is 11.6 Å². The first kappa shape index (κ1) is 17.2. The summed E-state index contributed by atoms with van der Waals surface area (Å²) < 4.78 is 33.4. The summed E-state index contributed by atoms with van der Waals surface area (Å²) >= 11 is 1.41. The molecule has 0 spiro atoms. The fraction of sp³-hybridized carbons (Fsp3) is 0.176. The van der Waals surface area contributed by atoms with E-state index in [0.29, 0.717) is 28.8 Å². The molecule has 8 heteroatoms. The third kappa shape index (κ3) is 4.27. The second-order valence-electron chi connectivity index (χ2n) is 5.16. The van der Waals surface area contributed by atoms with E-state index in [1.807, 2.05) is 0 Å². The van der Waals surface area contributed by atoms with Gasteiger partial charge in [-0.2, -0.15) is 0 Å². The van der Waals surface area contributed by atoms with Crippen LogP contribution in [0.15, 0.2) is 53.7 Å². The van der Waals surface area contributed by atoms with Crippen LogP contribution in [-0.2, 0) is 0 Å². The highest BCUT2D eigenvalue weighted by molar-refractivity contribution is 7.99. The minimum atomic E-state index is -0.397. The van der Waals surface area contributed by atoms with Crippen molar-refractivity contribution in [3.05, 3.63) is 60.2 Å². The number of benzene rings is 2. The molecule has 0 unspecified atom stereocenters. The lowest BCUT2D eigenvalue weighted by atomic mass is 10.2. The summed E-state index contributed by atoms with van der Waals surface area (Å²) in [5.74, 6) is 6.87. The lowest BCUT2D eigenvalue weighted by molar-refractivity contribution is 0.318. The van der Waals surface area contributed by atoms with E-state index in [-0.39, 0.29) is 11.6 Å². The number of halogens is 2. The maximum atomic E-state index is 13.8. The molecule has 0 saturated carbocycles. The Kier molecular flexibility index (Phi) is 5.49. The van der Waals surface area contributed by atoms with Crippen LogP contribution in [0.2, 0.25) is 0 Å². The molecule has 0 aliphatic carbocycles. The Morgan fingerprint density at radius 3 is 2.56 bits per heavy atom. The Hall–Kier alpha value is -2.61. The number of nitrogen functional groups attached to an aromatic ring is 1. The van der Waals surface area contributed by atoms with Gasteiger partial charge in [-0.3, -0.25) is 0 Å². The Morgan fingerprint density at radius 2 is 1.80 bits per heavy atom. The van der Waals surface area contributed by atoms with E-state index in [1.54, 1.807) is 30.3 Å². The zero-order chi connectivity index (χ0) is 17.6. The first-order valence-electron chi connectivity index (χ1n) is 7.61. The first-order valence-corrected chi connectivity index (χ1v) is 8.60. The van der Waals surface area contributed by atoms with E-state index < -0.39 is 5.82 Å². The number of aromatic nitrogens is 3. The van der Waals surface area contributed by atoms with Crippen molar-refractivity contribution in [2.45, 2.75) is 11.6 Å². The average molecular weight is 362 g/mol. The molecule has 0 radical (unpaired) electrons. The van der Waals surface area contributed by atoms with Crippen LogP contribution in [0.25, 0.3) is 11.4 Å². The number of ether oxygens (including phenoxy) is 1. The van der Waals surface area contributed by atoms with E-state index in [0.717, 1.165) is 6.42 Å². The Balaban J connectivity index is 1.51. The van der Waals surface area contributed by atoms with Gasteiger partial charge in [0.1, 0.15) is 17.4 Å². The summed E-state index contributed by atoms with van der Waals surface area (Å²) in [6, 6.07) is 12.1. The zero-order valence-corrected chi connectivity index (χ0v) is 14.0. The van der Waals surface area contributed by atoms with Crippen molar-refractivity contribution >= 4 is 11.8 Å². The van der Waals surface area contributed by atoms with Gasteiger partial charge in [0, 0.05) is 5.75 Å². The minimum absolute atomic E-state index is 0.281.